The van der Waals surface area contributed by atoms with Gasteiger partial charge in [0.25, 0.3) is 0 Å². The summed E-state index contributed by atoms with van der Waals surface area (Å²) in [7, 11) is 0. The second-order valence-electron chi connectivity index (χ2n) is 8.37. The van der Waals surface area contributed by atoms with Gasteiger partial charge in [-0.1, -0.05) is 6.07 Å². The predicted octanol–water partition coefficient (Wildman–Crippen LogP) is 4.30. The third kappa shape index (κ3) is 3.43. The topological polar surface area (TPSA) is 35.6 Å². The fourth-order valence-corrected chi connectivity index (χ4v) is 5.13. The second kappa shape index (κ2) is 6.97. The van der Waals surface area contributed by atoms with Crippen molar-refractivity contribution >= 4 is 11.7 Å². The van der Waals surface area contributed by atoms with Crippen LogP contribution in [0.15, 0.2) is 42.5 Å². The maximum Gasteiger partial charge on any atom is 0.416 e. The highest BCUT2D eigenvalue weighted by Gasteiger charge is 2.48. The molecule has 0 spiro atoms. The molecule has 2 aromatic carbocycles. The highest BCUT2D eigenvalue weighted by atomic mass is 19.4. The van der Waals surface area contributed by atoms with Crippen LogP contribution in [0.25, 0.3) is 0 Å². The normalized spacial score (nSPS) is 25.6. The smallest absolute Gasteiger partial charge is 0.319 e. The third-order valence-electron chi connectivity index (χ3n) is 6.56. The number of carbonyl (C=O) groups excluding carboxylic acids is 1. The number of amides is 2. The Hall–Kier alpha value is -2.61. The Morgan fingerprint density at radius 1 is 0.933 bits per heavy atom. The van der Waals surface area contributed by atoms with Crippen LogP contribution in [-0.2, 0) is 19.0 Å². The number of rotatable bonds is 2. The second-order valence-corrected chi connectivity index (χ2v) is 8.37. The molecule has 4 nitrogen and oxygen atoms in total. The molecule has 0 saturated carbocycles. The highest BCUT2D eigenvalue weighted by molar-refractivity contribution is 5.90. The Bertz CT molecular complexity index is 975. The molecule has 8 heteroatoms. The van der Waals surface area contributed by atoms with Gasteiger partial charge in [-0.15, -0.1) is 0 Å². The summed E-state index contributed by atoms with van der Waals surface area (Å²) in [6.07, 6.45) is -1.78. The number of hydrogen-bond donors (Lipinski definition) is 1. The number of halogens is 4. The third-order valence-corrected chi connectivity index (χ3v) is 6.56. The van der Waals surface area contributed by atoms with E-state index >= 15 is 0 Å². The van der Waals surface area contributed by atoms with Crippen molar-refractivity contribution in [1.82, 2.24) is 9.80 Å². The van der Waals surface area contributed by atoms with E-state index in [1.54, 1.807) is 11.0 Å². The number of anilines is 1. The molecule has 2 amide bonds. The lowest BCUT2D eigenvalue weighted by atomic mass is 10.1. The average Bonchev–Trinajstić information content (AvgIpc) is 3.40. The molecule has 1 aliphatic carbocycles. The maximum absolute atomic E-state index is 13.5. The summed E-state index contributed by atoms with van der Waals surface area (Å²) in [6.45, 7) is 1.37. The van der Waals surface area contributed by atoms with Crippen LogP contribution in [0.5, 0.6) is 0 Å². The molecule has 5 rings (SSSR count). The van der Waals surface area contributed by atoms with E-state index in [1.807, 2.05) is 6.07 Å². The number of alkyl halides is 3. The van der Waals surface area contributed by atoms with Crippen LogP contribution in [-0.4, -0.2) is 47.0 Å². The van der Waals surface area contributed by atoms with Gasteiger partial charge in [-0.05, 0) is 66.8 Å². The summed E-state index contributed by atoms with van der Waals surface area (Å²) in [5.74, 6) is -0.205. The molecule has 0 aromatic heterocycles. The van der Waals surface area contributed by atoms with Gasteiger partial charge in [0.1, 0.15) is 5.82 Å². The number of hydrogen-bond acceptors (Lipinski definition) is 2. The van der Waals surface area contributed by atoms with Gasteiger partial charge in [0.15, 0.2) is 0 Å². The summed E-state index contributed by atoms with van der Waals surface area (Å²) in [5.41, 5.74) is 1.87. The van der Waals surface area contributed by atoms with E-state index in [-0.39, 0.29) is 23.9 Å². The van der Waals surface area contributed by atoms with Crippen molar-refractivity contribution in [2.75, 3.05) is 18.4 Å². The van der Waals surface area contributed by atoms with Gasteiger partial charge in [-0.25, -0.2) is 9.18 Å². The van der Waals surface area contributed by atoms with Gasteiger partial charge in [0, 0.05) is 36.9 Å². The van der Waals surface area contributed by atoms with Crippen LogP contribution in [0.3, 0.4) is 0 Å². The van der Waals surface area contributed by atoms with E-state index in [4.69, 9.17) is 0 Å². The molecule has 2 aliphatic heterocycles. The lowest BCUT2D eigenvalue weighted by Crippen LogP contribution is -2.53. The molecule has 1 N–H and O–H groups in total. The van der Waals surface area contributed by atoms with Crippen LogP contribution in [0.2, 0.25) is 0 Å². The summed E-state index contributed by atoms with van der Waals surface area (Å²) >= 11 is 0. The summed E-state index contributed by atoms with van der Waals surface area (Å²) < 4.78 is 51.5. The molecule has 2 bridgehead atoms. The minimum Gasteiger partial charge on any atom is -0.319 e. The number of carbonyl (C=O) groups is 1. The fourth-order valence-electron chi connectivity index (χ4n) is 5.13. The van der Waals surface area contributed by atoms with Crippen LogP contribution < -0.4 is 5.32 Å². The Kier molecular flexibility index (Phi) is 4.50. The molecule has 3 unspecified atom stereocenters. The standard InChI is InChI=1S/C22H21F4N3O/c23-16-4-1-13-8-18(9-14(13)7-16)28-11-20-10-19(28)12-29(20)21(30)27-17-5-2-15(3-6-17)22(24,25)26/h1-7,18-20H,8-12H2,(H,27,30). The van der Waals surface area contributed by atoms with Gasteiger partial charge in [-0.3, -0.25) is 4.90 Å². The number of piperazine rings is 1. The zero-order chi connectivity index (χ0) is 21.0. The summed E-state index contributed by atoms with van der Waals surface area (Å²) in [4.78, 5) is 16.9. The predicted molar refractivity (Wildman–Crippen MR) is 104 cm³/mol. The largest absolute Gasteiger partial charge is 0.416 e. The van der Waals surface area contributed by atoms with Crippen molar-refractivity contribution < 1.29 is 22.4 Å². The molecule has 2 heterocycles. The zero-order valence-corrected chi connectivity index (χ0v) is 16.1. The molecular weight excluding hydrogens is 398 g/mol. The van der Waals surface area contributed by atoms with E-state index in [2.05, 4.69) is 10.2 Å². The first-order valence-electron chi connectivity index (χ1n) is 10.1. The summed E-state index contributed by atoms with van der Waals surface area (Å²) in [6, 6.07) is 9.87. The summed E-state index contributed by atoms with van der Waals surface area (Å²) in [5, 5.41) is 2.71. The maximum atomic E-state index is 13.5. The first kappa shape index (κ1) is 19.4. The highest BCUT2D eigenvalue weighted by Crippen LogP contribution is 2.37. The molecule has 2 saturated heterocycles. The fraction of sp³-hybridized carbons (Fsp3) is 0.409. The van der Waals surface area contributed by atoms with Crippen molar-refractivity contribution in [3.63, 3.8) is 0 Å². The number of nitrogens with one attached hydrogen (secondary N) is 1. The molecule has 0 radical (unpaired) electrons. The number of likely N-dealkylation sites (tertiary alicyclic amines) is 2. The van der Waals surface area contributed by atoms with E-state index in [9.17, 15) is 22.4 Å². The Morgan fingerprint density at radius 3 is 2.33 bits per heavy atom. The molecular formula is C22H21F4N3O. The van der Waals surface area contributed by atoms with Crippen LogP contribution in [0, 0.1) is 5.82 Å². The molecule has 3 aliphatic rings. The molecule has 2 fully saturated rings. The monoisotopic (exact) mass is 419 g/mol. The average molecular weight is 419 g/mol. The Morgan fingerprint density at radius 2 is 1.67 bits per heavy atom. The molecule has 3 atom stereocenters. The van der Waals surface area contributed by atoms with Crippen molar-refractivity contribution in [3.8, 4) is 0 Å². The quantitative estimate of drug-likeness (QED) is 0.737. The van der Waals surface area contributed by atoms with Gasteiger partial charge in [0.05, 0.1) is 5.56 Å². The number of fused-ring (bicyclic) bond motifs is 3. The van der Waals surface area contributed by atoms with Crippen molar-refractivity contribution in [2.24, 2.45) is 0 Å². The van der Waals surface area contributed by atoms with Crippen molar-refractivity contribution in [1.29, 1.82) is 0 Å². The number of nitrogens with zero attached hydrogens (tertiary/aromatic N) is 2. The zero-order valence-electron chi connectivity index (χ0n) is 16.1. The lowest BCUT2D eigenvalue weighted by Gasteiger charge is -2.37. The number of urea groups is 1. The Labute approximate surface area is 171 Å². The van der Waals surface area contributed by atoms with E-state index in [0.29, 0.717) is 18.3 Å². The van der Waals surface area contributed by atoms with Gasteiger partial charge < -0.3 is 10.2 Å². The van der Waals surface area contributed by atoms with E-state index < -0.39 is 11.7 Å². The SMILES string of the molecule is O=C(Nc1ccc(C(F)(F)F)cc1)N1CC2CC1CN2C1Cc2ccc(F)cc2C1. The van der Waals surface area contributed by atoms with Gasteiger partial charge in [0.2, 0.25) is 0 Å². The van der Waals surface area contributed by atoms with Crippen molar-refractivity contribution in [3.05, 3.63) is 65.0 Å². The van der Waals surface area contributed by atoms with Gasteiger partial charge in [-0.2, -0.15) is 13.2 Å². The van der Waals surface area contributed by atoms with Crippen molar-refractivity contribution in [2.45, 2.75) is 43.6 Å². The minimum atomic E-state index is -4.40. The van der Waals surface area contributed by atoms with Crippen LogP contribution >= 0.6 is 0 Å². The van der Waals surface area contributed by atoms with Crippen LogP contribution in [0.4, 0.5) is 28.0 Å². The molecule has 30 heavy (non-hydrogen) atoms. The lowest BCUT2D eigenvalue weighted by molar-refractivity contribution is -0.137. The molecule has 2 aromatic rings. The number of benzene rings is 2. The van der Waals surface area contributed by atoms with E-state index in [1.165, 1.54) is 23.8 Å². The first-order chi connectivity index (χ1) is 14.3. The first-order valence-corrected chi connectivity index (χ1v) is 10.1. The molecule has 158 valence electrons. The Balaban J connectivity index is 1.20. The van der Waals surface area contributed by atoms with E-state index in [0.717, 1.165) is 43.5 Å². The van der Waals surface area contributed by atoms with Gasteiger partial charge >= 0.3 is 12.2 Å². The minimum absolute atomic E-state index is 0.0879. The van der Waals surface area contributed by atoms with Crippen LogP contribution in [0.1, 0.15) is 23.1 Å².